The van der Waals surface area contributed by atoms with Crippen LogP contribution in [0.3, 0.4) is 0 Å². The fourth-order valence-electron chi connectivity index (χ4n) is 3.02. The van der Waals surface area contributed by atoms with Crippen LogP contribution >= 0.6 is 11.8 Å². The number of anilines is 1. The number of hydrogen-bond donors (Lipinski definition) is 2. The number of thioether (sulfide) groups is 1. The van der Waals surface area contributed by atoms with Crippen LogP contribution in [0.1, 0.15) is 15.9 Å². The molecule has 0 unspecified atom stereocenters. The van der Waals surface area contributed by atoms with Crippen molar-refractivity contribution in [2.24, 2.45) is 7.05 Å². The van der Waals surface area contributed by atoms with Crippen LogP contribution in [0.4, 0.5) is 5.69 Å². The standard InChI is InChI=1S/C21H21N5O4S/c1-26-13-23-25-21(26)31-12-18(27)24-16-6-2-4-14(10-16)20(28)22-11-15-5-3-7-17-19(15)30-9-8-29-17/h2-7,10,13H,8-9,11-12H2,1H3,(H,22,28)(H,24,27). The summed E-state index contributed by atoms with van der Waals surface area (Å²) in [5.74, 6) is 1.08. The molecule has 9 nitrogen and oxygen atoms in total. The van der Waals surface area contributed by atoms with E-state index in [9.17, 15) is 9.59 Å². The summed E-state index contributed by atoms with van der Waals surface area (Å²) in [6.07, 6.45) is 1.58. The molecular weight excluding hydrogens is 418 g/mol. The minimum absolute atomic E-state index is 0.185. The van der Waals surface area contributed by atoms with E-state index in [4.69, 9.17) is 9.47 Å². The maximum atomic E-state index is 12.6. The van der Waals surface area contributed by atoms with Crippen molar-refractivity contribution in [3.05, 3.63) is 59.9 Å². The minimum Gasteiger partial charge on any atom is -0.486 e. The van der Waals surface area contributed by atoms with Crippen molar-refractivity contribution in [1.29, 1.82) is 0 Å². The Kier molecular flexibility index (Phi) is 6.37. The van der Waals surface area contributed by atoms with Gasteiger partial charge >= 0.3 is 0 Å². The molecule has 0 radical (unpaired) electrons. The number of amides is 2. The van der Waals surface area contributed by atoms with Crippen molar-refractivity contribution in [1.82, 2.24) is 20.1 Å². The molecule has 1 aromatic heterocycles. The summed E-state index contributed by atoms with van der Waals surface area (Å²) in [4.78, 5) is 24.9. The largest absolute Gasteiger partial charge is 0.486 e. The molecule has 4 rings (SSSR count). The minimum atomic E-state index is -0.251. The first-order valence-corrected chi connectivity index (χ1v) is 10.6. The lowest BCUT2D eigenvalue weighted by molar-refractivity contribution is -0.113. The van der Waals surface area contributed by atoms with Gasteiger partial charge in [-0.25, -0.2) is 0 Å². The van der Waals surface area contributed by atoms with Gasteiger partial charge in [0.25, 0.3) is 5.91 Å². The lowest BCUT2D eigenvalue weighted by Crippen LogP contribution is -2.24. The highest BCUT2D eigenvalue weighted by Gasteiger charge is 2.16. The van der Waals surface area contributed by atoms with Crippen molar-refractivity contribution >= 4 is 29.3 Å². The first kappa shape index (κ1) is 20.7. The number of rotatable bonds is 7. The van der Waals surface area contributed by atoms with Crippen molar-refractivity contribution in [2.75, 3.05) is 24.3 Å². The van der Waals surface area contributed by atoms with Gasteiger partial charge in [-0.1, -0.05) is 30.0 Å². The lowest BCUT2D eigenvalue weighted by atomic mass is 10.1. The van der Waals surface area contributed by atoms with Crippen molar-refractivity contribution in [3.63, 3.8) is 0 Å². The van der Waals surface area contributed by atoms with Crippen LogP contribution in [0.2, 0.25) is 0 Å². The van der Waals surface area contributed by atoms with Crippen LogP contribution in [-0.4, -0.2) is 45.5 Å². The van der Waals surface area contributed by atoms with Gasteiger partial charge in [-0.15, -0.1) is 10.2 Å². The maximum Gasteiger partial charge on any atom is 0.251 e. The predicted molar refractivity (Wildman–Crippen MR) is 115 cm³/mol. The number of fused-ring (bicyclic) bond motifs is 1. The van der Waals surface area contributed by atoms with Gasteiger partial charge in [-0.05, 0) is 24.3 Å². The summed E-state index contributed by atoms with van der Waals surface area (Å²) >= 11 is 1.28. The average Bonchev–Trinajstić information content (AvgIpc) is 3.21. The van der Waals surface area contributed by atoms with Gasteiger partial charge in [0.2, 0.25) is 5.91 Å². The zero-order chi connectivity index (χ0) is 21.6. The number of carbonyl (C=O) groups is 2. The highest BCUT2D eigenvalue weighted by atomic mass is 32.2. The van der Waals surface area contributed by atoms with E-state index in [2.05, 4.69) is 20.8 Å². The van der Waals surface area contributed by atoms with Crippen LogP contribution in [0.15, 0.2) is 53.9 Å². The van der Waals surface area contributed by atoms with E-state index >= 15 is 0 Å². The third-order valence-corrected chi connectivity index (χ3v) is 5.53. The average molecular weight is 439 g/mol. The van der Waals surface area contributed by atoms with Gasteiger partial charge in [0.1, 0.15) is 19.5 Å². The Balaban J connectivity index is 1.34. The number of hydrogen-bond acceptors (Lipinski definition) is 7. The molecule has 0 fully saturated rings. The number of benzene rings is 2. The molecule has 0 saturated carbocycles. The molecule has 0 aliphatic carbocycles. The lowest BCUT2D eigenvalue weighted by Gasteiger charge is -2.21. The molecule has 2 aromatic carbocycles. The van der Waals surface area contributed by atoms with E-state index in [1.165, 1.54) is 11.8 Å². The van der Waals surface area contributed by atoms with Gasteiger partial charge in [0, 0.05) is 30.4 Å². The summed E-state index contributed by atoms with van der Waals surface area (Å²) in [5.41, 5.74) is 1.83. The van der Waals surface area contributed by atoms with Crippen LogP contribution in [0, 0.1) is 0 Å². The second kappa shape index (κ2) is 9.52. The second-order valence-electron chi connectivity index (χ2n) is 6.77. The van der Waals surface area contributed by atoms with Crippen molar-refractivity contribution in [2.45, 2.75) is 11.7 Å². The Morgan fingerprint density at radius 1 is 1.16 bits per heavy atom. The molecule has 0 bridgehead atoms. The Bertz CT molecular complexity index is 1100. The highest BCUT2D eigenvalue weighted by molar-refractivity contribution is 7.99. The number of ether oxygens (including phenoxy) is 2. The van der Waals surface area contributed by atoms with E-state index in [1.807, 2.05) is 25.2 Å². The Morgan fingerprint density at radius 3 is 2.84 bits per heavy atom. The molecule has 1 aliphatic rings. The smallest absolute Gasteiger partial charge is 0.251 e. The summed E-state index contributed by atoms with van der Waals surface area (Å²) in [7, 11) is 1.81. The molecular formula is C21H21N5O4S. The quantitative estimate of drug-likeness (QED) is 0.544. The number of aromatic nitrogens is 3. The van der Waals surface area contributed by atoms with Gasteiger partial charge in [0.15, 0.2) is 16.7 Å². The highest BCUT2D eigenvalue weighted by Crippen LogP contribution is 2.33. The summed E-state index contributed by atoms with van der Waals surface area (Å²) in [5, 5.41) is 14.0. The number of nitrogens with zero attached hydrogens (tertiary/aromatic N) is 3. The van der Waals surface area contributed by atoms with Gasteiger partial charge in [-0.3, -0.25) is 9.59 Å². The molecule has 0 saturated heterocycles. The number of para-hydroxylation sites is 1. The number of nitrogens with one attached hydrogen (secondary N) is 2. The van der Waals surface area contributed by atoms with E-state index < -0.39 is 0 Å². The van der Waals surface area contributed by atoms with Crippen LogP contribution in [0.25, 0.3) is 0 Å². The van der Waals surface area contributed by atoms with Gasteiger partial charge in [0.05, 0.1) is 5.75 Å². The second-order valence-corrected chi connectivity index (χ2v) is 7.71. The first-order chi connectivity index (χ1) is 15.1. The van der Waals surface area contributed by atoms with Gasteiger partial charge < -0.3 is 24.7 Å². The molecule has 2 heterocycles. The molecule has 10 heteroatoms. The van der Waals surface area contributed by atoms with E-state index in [1.54, 1.807) is 35.2 Å². The maximum absolute atomic E-state index is 12.6. The molecule has 1 aliphatic heterocycles. The molecule has 2 amide bonds. The van der Waals surface area contributed by atoms with Gasteiger partial charge in [-0.2, -0.15) is 0 Å². The zero-order valence-corrected chi connectivity index (χ0v) is 17.6. The molecule has 31 heavy (non-hydrogen) atoms. The molecule has 0 spiro atoms. The SMILES string of the molecule is Cn1cnnc1SCC(=O)Nc1cccc(C(=O)NCc2cccc3c2OCCO3)c1. The first-order valence-electron chi connectivity index (χ1n) is 9.62. The number of aryl methyl sites for hydroxylation is 1. The summed E-state index contributed by atoms with van der Waals surface area (Å²) in [6, 6.07) is 12.4. The zero-order valence-electron chi connectivity index (χ0n) is 16.8. The monoisotopic (exact) mass is 439 g/mol. The third-order valence-electron chi connectivity index (χ3n) is 4.50. The summed E-state index contributed by atoms with van der Waals surface area (Å²) < 4.78 is 13.0. The fourth-order valence-corrected chi connectivity index (χ4v) is 3.71. The number of carbonyl (C=O) groups excluding carboxylic acids is 2. The summed E-state index contributed by atoms with van der Waals surface area (Å²) in [6.45, 7) is 1.30. The van der Waals surface area contributed by atoms with E-state index in [-0.39, 0.29) is 17.6 Å². The third kappa shape index (κ3) is 5.15. The Morgan fingerprint density at radius 2 is 2.00 bits per heavy atom. The Hall–Kier alpha value is -3.53. The topological polar surface area (TPSA) is 107 Å². The van der Waals surface area contributed by atoms with Crippen LogP contribution < -0.4 is 20.1 Å². The van der Waals surface area contributed by atoms with E-state index in [0.717, 1.165) is 5.56 Å². The van der Waals surface area contributed by atoms with Crippen LogP contribution in [0.5, 0.6) is 11.5 Å². The normalized spacial score (nSPS) is 12.3. The van der Waals surface area contributed by atoms with Crippen molar-refractivity contribution < 1.29 is 19.1 Å². The van der Waals surface area contributed by atoms with E-state index in [0.29, 0.717) is 47.7 Å². The molecule has 2 N–H and O–H groups in total. The Labute approximate surface area is 183 Å². The molecule has 3 aromatic rings. The predicted octanol–water partition coefficient (Wildman–Crippen LogP) is 2.25. The van der Waals surface area contributed by atoms with Crippen LogP contribution in [-0.2, 0) is 18.4 Å². The molecule has 0 atom stereocenters. The fraction of sp³-hybridized carbons (Fsp3) is 0.238. The van der Waals surface area contributed by atoms with Crippen molar-refractivity contribution in [3.8, 4) is 11.5 Å². The molecule has 160 valence electrons.